The first-order valence-electron chi connectivity index (χ1n) is 5.82. The number of sulfonamides is 1. The number of halogens is 2. The van der Waals surface area contributed by atoms with Crippen molar-refractivity contribution in [3.8, 4) is 0 Å². The van der Waals surface area contributed by atoms with Gasteiger partial charge in [-0.25, -0.2) is 17.5 Å². The van der Waals surface area contributed by atoms with Crippen LogP contribution in [-0.2, 0) is 10.0 Å². The minimum atomic E-state index is -3.90. The molecule has 1 unspecified atom stereocenters. The van der Waals surface area contributed by atoms with E-state index in [1.54, 1.807) is 0 Å². The summed E-state index contributed by atoms with van der Waals surface area (Å²) in [6.07, 6.45) is 6.06. The van der Waals surface area contributed by atoms with E-state index in [1.807, 2.05) is 12.2 Å². The van der Waals surface area contributed by atoms with Gasteiger partial charge in [0.1, 0.15) is 4.90 Å². The summed E-state index contributed by atoms with van der Waals surface area (Å²) >= 11 is 2.96. The Labute approximate surface area is 120 Å². The Morgan fingerprint density at radius 3 is 2.74 bits per heavy atom. The minimum absolute atomic E-state index is 0.0383. The van der Waals surface area contributed by atoms with Crippen molar-refractivity contribution in [2.24, 2.45) is 0 Å². The standard InChI is InChI=1S/C12H14BrFN2O2S/c13-10-6-8(15)7-11(12(10)14)19(17,18)16-9-4-2-1-3-5-9/h1-2,6-7,9,16H,3-5,15H2. The number of anilines is 1. The number of rotatable bonds is 3. The Hall–Kier alpha value is -0.920. The van der Waals surface area contributed by atoms with Crippen molar-refractivity contribution in [2.45, 2.75) is 30.2 Å². The van der Waals surface area contributed by atoms with Crippen molar-refractivity contribution in [2.75, 3.05) is 5.73 Å². The van der Waals surface area contributed by atoms with E-state index >= 15 is 0 Å². The first kappa shape index (κ1) is 14.5. The number of allylic oxidation sites excluding steroid dienone is 1. The highest BCUT2D eigenvalue weighted by Crippen LogP contribution is 2.26. The van der Waals surface area contributed by atoms with E-state index in [9.17, 15) is 12.8 Å². The third-order valence-electron chi connectivity index (χ3n) is 2.90. The molecule has 0 aliphatic heterocycles. The van der Waals surface area contributed by atoms with Crippen LogP contribution in [0.2, 0.25) is 0 Å². The van der Waals surface area contributed by atoms with Crippen LogP contribution in [-0.4, -0.2) is 14.5 Å². The van der Waals surface area contributed by atoms with Gasteiger partial charge in [0.2, 0.25) is 10.0 Å². The molecule has 0 fully saturated rings. The molecular formula is C12H14BrFN2O2S. The fourth-order valence-corrected chi connectivity index (χ4v) is 3.99. The summed E-state index contributed by atoms with van der Waals surface area (Å²) in [6, 6.07) is 2.26. The molecule has 0 aromatic heterocycles. The fraction of sp³-hybridized carbons (Fsp3) is 0.333. The first-order valence-corrected chi connectivity index (χ1v) is 8.09. The molecule has 7 heteroatoms. The van der Waals surface area contributed by atoms with E-state index in [-0.39, 0.29) is 16.2 Å². The lowest BCUT2D eigenvalue weighted by molar-refractivity contribution is 0.513. The summed E-state index contributed by atoms with van der Waals surface area (Å²) < 4.78 is 40.8. The van der Waals surface area contributed by atoms with E-state index in [0.717, 1.165) is 12.5 Å². The van der Waals surface area contributed by atoms with Gasteiger partial charge in [-0.15, -0.1) is 0 Å². The predicted molar refractivity (Wildman–Crippen MR) is 75.6 cm³/mol. The molecule has 0 radical (unpaired) electrons. The van der Waals surface area contributed by atoms with Crippen molar-refractivity contribution in [3.63, 3.8) is 0 Å². The van der Waals surface area contributed by atoms with E-state index in [4.69, 9.17) is 5.73 Å². The van der Waals surface area contributed by atoms with Gasteiger partial charge in [0, 0.05) is 11.7 Å². The molecule has 2 rings (SSSR count). The molecule has 0 heterocycles. The third kappa shape index (κ3) is 3.34. The summed E-state index contributed by atoms with van der Waals surface area (Å²) in [4.78, 5) is -0.422. The first-order chi connectivity index (χ1) is 8.90. The van der Waals surface area contributed by atoms with Gasteiger partial charge in [-0.05, 0) is 47.3 Å². The van der Waals surface area contributed by atoms with Crippen LogP contribution in [0.15, 0.2) is 33.7 Å². The Morgan fingerprint density at radius 2 is 2.11 bits per heavy atom. The third-order valence-corrected chi connectivity index (χ3v) is 4.99. The second-order valence-electron chi connectivity index (χ2n) is 4.42. The largest absolute Gasteiger partial charge is 0.399 e. The van der Waals surface area contributed by atoms with Gasteiger partial charge in [-0.3, -0.25) is 0 Å². The van der Waals surface area contributed by atoms with Gasteiger partial charge < -0.3 is 5.73 Å². The molecule has 0 saturated heterocycles. The van der Waals surface area contributed by atoms with Crippen LogP contribution in [0.25, 0.3) is 0 Å². The average molecular weight is 349 g/mol. The van der Waals surface area contributed by atoms with Crippen molar-refractivity contribution >= 4 is 31.6 Å². The fourth-order valence-electron chi connectivity index (χ4n) is 1.96. The minimum Gasteiger partial charge on any atom is -0.399 e. The molecule has 3 N–H and O–H groups in total. The van der Waals surface area contributed by atoms with Gasteiger partial charge in [-0.2, -0.15) is 0 Å². The zero-order chi connectivity index (χ0) is 14.0. The van der Waals surface area contributed by atoms with Crippen molar-refractivity contribution < 1.29 is 12.8 Å². The van der Waals surface area contributed by atoms with Gasteiger partial charge >= 0.3 is 0 Å². The van der Waals surface area contributed by atoms with Gasteiger partial charge in [0.15, 0.2) is 5.82 Å². The molecule has 1 aliphatic rings. The van der Waals surface area contributed by atoms with Crippen LogP contribution < -0.4 is 10.5 Å². The number of hydrogen-bond donors (Lipinski definition) is 2. The van der Waals surface area contributed by atoms with Crippen LogP contribution in [0.3, 0.4) is 0 Å². The van der Waals surface area contributed by atoms with Crippen LogP contribution in [0.4, 0.5) is 10.1 Å². The van der Waals surface area contributed by atoms with Crippen molar-refractivity contribution in [3.05, 3.63) is 34.6 Å². The Bertz CT molecular complexity index is 616. The summed E-state index contributed by atoms with van der Waals surface area (Å²) in [6.45, 7) is 0. The SMILES string of the molecule is Nc1cc(Br)c(F)c(S(=O)(=O)NC2CC=CCC2)c1. The average Bonchev–Trinajstić information content (AvgIpc) is 2.34. The second kappa shape index (κ2) is 5.60. The highest BCUT2D eigenvalue weighted by molar-refractivity contribution is 9.10. The molecule has 0 amide bonds. The summed E-state index contributed by atoms with van der Waals surface area (Å²) in [7, 11) is -3.90. The lowest BCUT2D eigenvalue weighted by Crippen LogP contribution is -2.35. The van der Waals surface area contributed by atoms with Crippen molar-refractivity contribution in [1.29, 1.82) is 0 Å². The van der Waals surface area contributed by atoms with E-state index < -0.39 is 20.7 Å². The van der Waals surface area contributed by atoms with E-state index in [1.165, 1.54) is 6.07 Å². The van der Waals surface area contributed by atoms with Gasteiger partial charge in [0.25, 0.3) is 0 Å². The molecule has 19 heavy (non-hydrogen) atoms. The van der Waals surface area contributed by atoms with Crippen LogP contribution >= 0.6 is 15.9 Å². The van der Waals surface area contributed by atoms with E-state index in [0.29, 0.717) is 12.8 Å². The lowest BCUT2D eigenvalue weighted by Gasteiger charge is -2.19. The zero-order valence-corrected chi connectivity index (χ0v) is 12.5. The highest BCUT2D eigenvalue weighted by atomic mass is 79.9. The molecule has 1 aromatic carbocycles. The van der Waals surface area contributed by atoms with Gasteiger partial charge in [0.05, 0.1) is 4.47 Å². The summed E-state index contributed by atoms with van der Waals surface area (Å²) in [5.41, 5.74) is 5.75. The lowest BCUT2D eigenvalue weighted by atomic mass is 10.0. The monoisotopic (exact) mass is 348 g/mol. The maximum Gasteiger partial charge on any atom is 0.243 e. The zero-order valence-electron chi connectivity index (χ0n) is 10.1. The van der Waals surface area contributed by atoms with Gasteiger partial charge in [-0.1, -0.05) is 12.2 Å². The summed E-state index contributed by atoms with van der Waals surface area (Å²) in [5.74, 6) is -0.826. The number of nitrogens with one attached hydrogen (secondary N) is 1. The predicted octanol–water partition coefficient (Wildman–Crippen LogP) is 2.56. The molecule has 0 spiro atoms. The topological polar surface area (TPSA) is 72.2 Å². The second-order valence-corrected chi connectivity index (χ2v) is 6.95. The molecule has 4 nitrogen and oxygen atoms in total. The Balaban J connectivity index is 2.31. The number of nitrogens with two attached hydrogens (primary N) is 1. The summed E-state index contributed by atoms with van der Waals surface area (Å²) in [5, 5.41) is 0. The Morgan fingerprint density at radius 1 is 1.37 bits per heavy atom. The van der Waals surface area contributed by atoms with Crippen LogP contribution in [0.5, 0.6) is 0 Å². The number of nitrogen functional groups attached to an aromatic ring is 1. The molecule has 1 aromatic rings. The van der Waals surface area contributed by atoms with Crippen LogP contribution in [0.1, 0.15) is 19.3 Å². The smallest absolute Gasteiger partial charge is 0.243 e. The molecule has 104 valence electrons. The Kier molecular flexibility index (Phi) is 4.27. The quantitative estimate of drug-likeness (QED) is 0.651. The normalized spacial score (nSPS) is 19.6. The maximum absolute atomic E-state index is 13.9. The molecular weight excluding hydrogens is 335 g/mol. The number of hydrogen-bond acceptors (Lipinski definition) is 3. The highest BCUT2D eigenvalue weighted by Gasteiger charge is 2.25. The molecule has 0 saturated carbocycles. The van der Waals surface area contributed by atoms with E-state index in [2.05, 4.69) is 20.7 Å². The number of benzene rings is 1. The molecule has 0 bridgehead atoms. The molecule has 1 aliphatic carbocycles. The molecule has 1 atom stereocenters. The van der Waals surface area contributed by atoms with Crippen molar-refractivity contribution in [1.82, 2.24) is 4.72 Å². The van der Waals surface area contributed by atoms with Crippen LogP contribution in [0, 0.1) is 5.82 Å². The maximum atomic E-state index is 13.9.